The Bertz CT molecular complexity index is 1340. The molecule has 2 aromatic carbocycles. The average molecular weight is 485 g/mol. The maximum Gasteiger partial charge on any atom is 0.252 e. The molecule has 1 N–H and O–H groups in total. The molecule has 2 heterocycles. The van der Waals surface area contributed by atoms with E-state index in [1.807, 2.05) is 35.0 Å². The highest BCUT2D eigenvalue weighted by atomic mass is 16.1. The number of rotatable bonds is 9. The first kappa shape index (κ1) is 24.4. The molecule has 0 bridgehead atoms. The lowest BCUT2D eigenvalue weighted by Crippen LogP contribution is -2.41. The van der Waals surface area contributed by atoms with Crippen LogP contribution in [-0.4, -0.2) is 36.1 Å². The van der Waals surface area contributed by atoms with Crippen LogP contribution in [0.1, 0.15) is 80.4 Å². The van der Waals surface area contributed by atoms with Gasteiger partial charge in [-0.25, -0.2) is 4.68 Å². The minimum atomic E-state index is -0.00807. The van der Waals surface area contributed by atoms with E-state index >= 15 is 0 Å². The molecule has 0 unspecified atom stereocenters. The van der Waals surface area contributed by atoms with Crippen LogP contribution >= 0.6 is 0 Å². The van der Waals surface area contributed by atoms with Crippen LogP contribution in [0, 0.1) is 6.92 Å². The van der Waals surface area contributed by atoms with Gasteiger partial charge in [-0.3, -0.25) is 9.69 Å². The maximum atomic E-state index is 13.2. The number of hydrogen-bond donors (Lipinski definition) is 1. The van der Waals surface area contributed by atoms with Crippen molar-refractivity contribution in [2.45, 2.75) is 84.0 Å². The lowest BCUT2D eigenvalue weighted by atomic mass is 9.91. The van der Waals surface area contributed by atoms with Gasteiger partial charge in [0, 0.05) is 23.7 Å². The summed E-state index contributed by atoms with van der Waals surface area (Å²) in [4.78, 5) is 18.8. The number of H-pyrrole nitrogens is 1. The Balaban J connectivity index is 1.53. The zero-order valence-corrected chi connectivity index (χ0v) is 21.4. The molecule has 1 saturated carbocycles. The third kappa shape index (κ3) is 5.41. The molecule has 1 aliphatic carbocycles. The van der Waals surface area contributed by atoms with Crippen LogP contribution in [0.2, 0.25) is 0 Å². The monoisotopic (exact) mass is 484 g/mol. The lowest BCUT2D eigenvalue weighted by molar-refractivity contribution is 0.0812. The van der Waals surface area contributed by atoms with Crippen LogP contribution in [0.15, 0.2) is 59.4 Å². The summed E-state index contributed by atoms with van der Waals surface area (Å²) in [7, 11) is 0. The van der Waals surface area contributed by atoms with Gasteiger partial charge < -0.3 is 4.98 Å². The van der Waals surface area contributed by atoms with Crippen LogP contribution in [0.4, 0.5) is 0 Å². The van der Waals surface area contributed by atoms with Gasteiger partial charge in [0.05, 0.1) is 12.6 Å². The molecule has 0 spiro atoms. The van der Waals surface area contributed by atoms with Crippen molar-refractivity contribution in [2.24, 2.45) is 0 Å². The Morgan fingerprint density at radius 2 is 1.89 bits per heavy atom. The van der Waals surface area contributed by atoms with Gasteiger partial charge >= 0.3 is 0 Å². The predicted molar refractivity (Wildman–Crippen MR) is 143 cm³/mol. The first-order valence-electron chi connectivity index (χ1n) is 13.3. The summed E-state index contributed by atoms with van der Waals surface area (Å²) in [6.07, 6.45) is 7.97. The molecule has 0 amide bonds. The van der Waals surface area contributed by atoms with E-state index in [4.69, 9.17) is 0 Å². The topological polar surface area (TPSA) is 79.7 Å². The van der Waals surface area contributed by atoms with Gasteiger partial charge in [0.15, 0.2) is 5.82 Å². The van der Waals surface area contributed by atoms with Crippen molar-refractivity contribution in [3.8, 4) is 0 Å². The second-order valence-corrected chi connectivity index (χ2v) is 10.2. The Kier molecular flexibility index (Phi) is 7.56. The number of pyridine rings is 1. The van der Waals surface area contributed by atoms with Gasteiger partial charge in [0.1, 0.15) is 0 Å². The molecule has 0 saturated heterocycles. The van der Waals surface area contributed by atoms with Crippen molar-refractivity contribution < 1.29 is 0 Å². The number of aromatic amines is 1. The SMILES string of the molecule is CCC[C@H](c1nnnn1Cc1ccccc1)N(Cc1cc2cc(C)ccc2[nH]c1=O)C1CCCCC1. The smallest absolute Gasteiger partial charge is 0.252 e. The highest BCUT2D eigenvalue weighted by Gasteiger charge is 2.32. The normalized spacial score (nSPS) is 15.5. The van der Waals surface area contributed by atoms with E-state index in [0.717, 1.165) is 48.0 Å². The molecule has 36 heavy (non-hydrogen) atoms. The van der Waals surface area contributed by atoms with Gasteiger partial charge in [0.25, 0.3) is 5.56 Å². The third-order valence-electron chi connectivity index (χ3n) is 7.47. The standard InChI is InChI=1S/C29H36N6O/c1-3-10-27(28-31-32-33-35(28)19-22-11-6-4-7-12-22)34(25-13-8-5-9-14-25)20-24-18-23-17-21(2)15-16-26(23)30-29(24)36/h4,6-7,11-12,15-18,25,27H,3,5,8-10,13-14,19-20H2,1-2H3,(H,30,36)/t27-/m1/s1. The van der Waals surface area contributed by atoms with Crippen molar-refractivity contribution in [3.05, 3.63) is 87.5 Å². The maximum absolute atomic E-state index is 13.2. The van der Waals surface area contributed by atoms with Crippen molar-refractivity contribution >= 4 is 10.9 Å². The molecule has 0 aliphatic heterocycles. The lowest BCUT2D eigenvalue weighted by Gasteiger charge is -2.39. The second-order valence-electron chi connectivity index (χ2n) is 10.2. The summed E-state index contributed by atoms with van der Waals surface area (Å²) in [6.45, 7) is 5.52. The van der Waals surface area contributed by atoms with Gasteiger partial charge in [-0.2, -0.15) is 0 Å². The zero-order chi connectivity index (χ0) is 24.9. The Hall–Kier alpha value is -3.32. The van der Waals surface area contributed by atoms with Crippen molar-refractivity contribution in [3.63, 3.8) is 0 Å². The first-order valence-corrected chi connectivity index (χ1v) is 13.3. The van der Waals surface area contributed by atoms with E-state index in [2.05, 4.69) is 63.5 Å². The first-order chi connectivity index (χ1) is 17.6. The molecular weight excluding hydrogens is 448 g/mol. The summed E-state index contributed by atoms with van der Waals surface area (Å²) in [5.74, 6) is 0.888. The van der Waals surface area contributed by atoms with Crippen molar-refractivity contribution in [1.82, 2.24) is 30.1 Å². The van der Waals surface area contributed by atoms with Gasteiger partial charge in [0.2, 0.25) is 0 Å². The fraction of sp³-hybridized carbons (Fsp3) is 0.448. The van der Waals surface area contributed by atoms with Gasteiger partial charge in [-0.05, 0) is 65.8 Å². The molecule has 1 fully saturated rings. The van der Waals surface area contributed by atoms with E-state index in [9.17, 15) is 4.79 Å². The summed E-state index contributed by atoms with van der Waals surface area (Å²) >= 11 is 0. The van der Waals surface area contributed by atoms with E-state index in [1.165, 1.54) is 30.4 Å². The number of hydrogen-bond acceptors (Lipinski definition) is 5. The zero-order valence-electron chi connectivity index (χ0n) is 21.4. The highest BCUT2D eigenvalue weighted by molar-refractivity contribution is 5.79. The number of benzene rings is 2. The fourth-order valence-electron chi connectivity index (χ4n) is 5.63. The summed E-state index contributed by atoms with van der Waals surface area (Å²) in [6, 6.07) is 19.0. The molecule has 0 radical (unpaired) electrons. The van der Waals surface area contributed by atoms with E-state index in [-0.39, 0.29) is 11.6 Å². The van der Waals surface area contributed by atoms with E-state index < -0.39 is 0 Å². The van der Waals surface area contributed by atoms with Crippen LogP contribution in [-0.2, 0) is 13.1 Å². The van der Waals surface area contributed by atoms with Crippen molar-refractivity contribution in [1.29, 1.82) is 0 Å². The predicted octanol–water partition coefficient (Wildman–Crippen LogP) is 5.55. The van der Waals surface area contributed by atoms with E-state index in [1.54, 1.807) is 0 Å². The van der Waals surface area contributed by atoms with Crippen LogP contribution in [0.25, 0.3) is 10.9 Å². The highest BCUT2D eigenvalue weighted by Crippen LogP contribution is 2.34. The summed E-state index contributed by atoms with van der Waals surface area (Å²) in [5, 5.41) is 14.1. The Morgan fingerprint density at radius 3 is 2.67 bits per heavy atom. The number of nitrogens with zero attached hydrogens (tertiary/aromatic N) is 5. The Labute approximate surface area is 212 Å². The number of tetrazole rings is 1. The number of aryl methyl sites for hydroxylation is 1. The molecule has 1 aliphatic rings. The molecule has 1 atom stereocenters. The van der Waals surface area contributed by atoms with Crippen LogP contribution < -0.4 is 5.56 Å². The van der Waals surface area contributed by atoms with Crippen LogP contribution in [0.3, 0.4) is 0 Å². The molecule has 188 valence electrons. The summed E-state index contributed by atoms with van der Waals surface area (Å²) < 4.78 is 1.94. The molecule has 4 aromatic rings. The molecule has 7 heteroatoms. The number of aromatic nitrogens is 5. The molecular formula is C29H36N6O. The quantitative estimate of drug-likeness (QED) is 0.337. The van der Waals surface area contributed by atoms with E-state index in [0.29, 0.717) is 19.1 Å². The molecule has 5 rings (SSSR count). The van der Waals surface area contributed by atoms with Crippen molar-refractivity contribution in [2.75, 3.05) is 0 Å². The largest absolute Gasteiger partial charge is 0.322 e. The number of nitrogens with one attached hydrogen (secondary N) is 1. The minimum Gasteiger partial charge on any atom is -0.322 e. The minimum absolute atomic E-state index is 0.00807. The van der Waals surface area contributed by atoms with Crippen LogP contribution in [0.5, 0.6) is 0 Å². The second kappa shape index (κ2) is 11.2. The molecule has 7 nitrogen and oxygen atoms in total. The summed E-state index contributed by atoms with van der Waals surface area (Å²) in [5.41, 5.74) is 4.05. The third-order valence-corrected chi connectivity index (χ3v) is 7.47. The fourth-order valence-corrected chi connectivity index (χ4v) is 5.63. The average Bonchev–Trinajstić information content (AvgIpc) is 3.35. The number of fused-ring (bicyclic) bond motifs is 1. The molecule has 2 aromatic heterocycles. The van der Waals surface area contributed by atoms with Gasteiger partial charge in [-0.15, -0.1) is 5.10 Å². The van der Waals surface area contributed by atoms with Gasteiger partial charge in [-0.1, -0.05) is 74.6 Å². The Morgan fingerprint density at radius 1 is 1.08 bits per heavy atom.